The lowest BCUT2D eigenvalue weighted by atomic mass is 10.6. The first-order valence-corrected chi connectivity index (χ1v) is 5.25. The average molecular weight is 239 g/mol. The Morgan fingerprint density at radius 2 is 2.07 bits per heavy atom. The van der Waals surface area contributed by atoms with E-state index in [1.54, 1.807) is 25.9 Å². The predicted octanol–water partition coefficient (Wildman–Crippen LogP) is 2.31. The van der Waals surface area contributed by atoms with Gasteiger partial charge in [-0.15, -0.1) is 13.2 Å². The molecule has 15 heavy (non-hydrogen) atoms. The second-order valence-corrected chi connectivity index (χ2v) is 4.65. The summed E-state index contributed by atoms with van der Waals surface area (Å²) in [5.74, 6) is 0.459. The van der Waals surface area contributed by atoms with Crippen LogP contribution < -0.4 is 0 Å². The van der Waals surface area contributed by atoms with Crippen LogP contribution in [-0.4, -0.2) is 35.0 Å². The molecule has 0 N–H and O–H groups in total. The first-order chi connectivity index (χ1) is 6.82. The van der Waals surface area contributed by atoms with E-state index in [2.05, 4.69) is 15.2 Å². The molecule has 1 aromatic rings. The Kier molecular flexibility index (Phi) is 3.28. The molecular formula is C7H10F3N4S+. The van der Waals surface area contributed by atoms with Gasteiger partial charge in [-0.25, -0.2) is 0 Å². The fraction of sp³-hybridized carbons (Fsp3) is 0.571. The summed E-state index contributed by atoms with van der Waals surface area (Å²) in [5, 5.41) is 6.34. The van der Waals surface area contributed by atoms with Gasteiger partial charge >= 0.3 is 10.6 Å². The summed E-state index contributed by atoms with van der Waals surface area (Å²) in [6, 6.07) is 0. The van der Waals surface area contributed by atoms with E-state index in [-0.39, 0.29) is 5.13 Å². The summed E-state index contributed by atoms with van der Waals surface area (Å²) in [6.45, 7) is 1.61. The van der Waals surface area contributed by atoms with Crippen molar-refractivity contribution in [2.75, 3.05) is 14.1 Å². The van der Waals surface area contributed by atoms with Crippen LogP contribution >= 0.6 is 10.5 Å². The van der Waals surface area contributed by atoms with Crippen molar-refractivity contribution >= 4 is 21.4 Å². The third-order valence-electron chi connectivity index (χ3n) is 1.65. The van der Waals surface area contributed by atoms with Crippen LogP contribution in [0.4, 0.5) is 18.3 Å². The Bertz CT molecular complexity index is 369. The molecular weight excluding hydrogens is 229 g/mol. The number of halogens is 3. The van der Waals surface area contributed by atoms with Gasteiger partial charge in [-0.1, -0.05) is 10.2 Å². The minimum Gasteiger partial charge on any atom is -0.366 e. The highest BCUT2D eigenvalue weighted by Gasteiger charge is 2.47. The molecule has 84 valence electrons. The molecule has 0 saturated carbocycles. The van der Waals surface area contributed by atoms with Crippen molar-refractivity contribution in [3.05, 3.63) is 5.51 Å². The maximum absolute atomic E-state index is 12.4. The molecule has 0 aliphatic heterocycles. The largest absolute Gasteiger partial charge is 0.605 e. The van der Waals surface area contributed by atoms with E-state index in [1.807, 2.05) is 0 Å². The quantitative estimate of drug-likeness (QED) is 0.429. The van der Waals surface area contributed by atoms with E-state index in [9.17, 15) is 13.2 Å². The maximum Gasteiger partial charge on any atom is 0.605 e. The van der Waals surface area contributed by atoms with E-state index >= 15 is 0 Å². The Morgan fingerprint density at radius 3 is 2.53 bits per heavy atom. The third-order valence-corrected chi connectivity index (χ3v) is 3.02. The zero-order chi connectivity index (χ0) is 11.6. The number of nitrogens with zero attached hydrogens (tertiary/aromatic N) is 4. The van der Waals surface area contributed by atoms with Crippen LogP contribution in [0.5, 0.6) is 0 Å². The molecule has 0 spiro atoms. The minimum atomic E-state index is -4.35. The third kappa shape index (κ3) is 2.88. The van der Waals surface area contributed by atoms with Gasteiger partial charge in [0.1, 0.15) is 5.84 Å². The summed E-state index contributed by atoms with van der Waals surface area (Å²) in [4.78, 5) is 5.39. The average Bonchev–Trinajstić information content (AvgIpc) is 2.50. The van der Waals surface area contributed by atoms with Gasteiger partial charge in [-0.05, 0) is 6.92 Å². The van der Waals surface area contributed by atoms with Gasteiger partial charge in [0.15, 0.2) is 10.5 Å². The molecule has 0 aliphatic rings. The number of hydrogen-bond donors (Lipinski definition) is 0. The molecule has 0 bridgehead atoms. The number of hydrogen-bond acceptors (Lipinski definition) is 3. The molecule has 0 aromatic carbocycles. The van der Waals surface area contributed by atoms with Gasteiger partial charge < -0.3 is 4.90 Å². The van der Waals surface area contributed by atoms with Crippen molar-refractivity contribution in [3.8, 4) is 0 Å². The summed E-state index contributed by atoms with van der Waals surface area (Å²) in [6.07, 6.45) is 0. The first kappa shape index (κ1) is 11.9. The highest BCUT2D eigenvalue weighted by molar-refractivity contribution is 7.33. The van der Waals surface area contributed by atoms with Crippen molar-refractivity contribution in [3.63, 3.8) is 0 Å². The molecule has 0 fully saturated rings. The van der Waals surface area contributed by atoms with Gasteiger partial charge in [0, 0.05) is 14.1 Å². The molecule has 1 atom stereocenters. The number of aromatic nitrogens is 2. The summed E-state index contributed by atoms with van der Waals surface area (Å²) < 4.78 is 37.3. The van der Waals surface area contributed by atoms with Crippen LogP contribution in [0.15, 0.2) is 10.5 Å². The highest BCUT2D eigenvalue weighted by atomic mass is 32.2. The fourth-order valence-corrected chi connectivity index (χ4v) is 1.61. The van der Waals surface area contributed by atoms with Crippen molar-refractivity contribution < 1.29 is 13.2 Å². The van der Waals surface area contributed by atoms with Gasteiger partial charge in [-0.2, -0.15) is 4.99 Å². The molecule has 8 heteroatoms. The van der Waals surface area contributed by atoms with Crippen molar-refractivity contribution in [1.82, 2.24) is 15.1 Å². The number of rotatable bonds is 1. The smallest absolute Gasteiger partial charge is 0.366 e. The van der Waals surface area contributed by atoms with Gasteiger partial charge in [0.2, 0.25) is 0 Å². The molecule has 1 aromatic heterocycles. The Morgan fingerprint density at radius 1 is 1.47 bits per heavy atom. The molecule has 0 radical (unpaired) electrons. The lowest BCUT2D eigenvalue weighted by molar-refractivity contribution is -0.0868. The van der Waals surface area contributed by atoms with Crippen LogP contribution in [-0.2, 0) is 5.51 Å². The second-order valence-electron chi connectivity index (χ2n) is 2.94. The van der Waals surface area contributed by atoms with Crippen LogP contribution in [0.25, 0.3) is 0 Å². The predicted molar refractivity (Wildman–Crippen MR) is 52.3 cm³/mol. The zero-order valence-corrected chi connectivity index (χ0v) is 9.22. The number of alkyl halides is 3. The first-order valence-electron chi connectivity index (χ1n) is 3.96. The molecule has 0 amide bonds. The van der Waals surface area contributed by atoms with E-state index in [1.165, 1.54) is 0 Å². The van der Waals surface area contributed by atoms with Crippen LogP contribution in [0.3, 0.4) is 0 Å². The number of aliphatic imine (C=N–C) groups is 1. The Balaban J connectivity index is 3.07. The SMILES string of the molecule is CC(=Nc1nnc[s+]1C(F)(F)F)N(C)C. The zero-order valence-electron chi connectivity index (χ0n) is 8.41. The van der Waals surface area contributed by atoms with Gasteiger partial charge in [0.05, 0.1) is 0 Å². The van der Waals surface area contributed by atoms with Crippen LogP contribution in [0.2, 0.25) is 0 Å². The van der Waals surface area contributed by atoms with Gasteiger partial charge in [0.25, 0.3) is 5.51 Å². The molecule has 4 nitrogen and oxygen atoms in total. The van der Waals surface area contributed by atoms with E-state index in [0.29, 0.717) is 5.84 Å². The van der Waals surface area contributed by atoms with E-state index in [4.69, 9.17) is 0 Å². The normalized spacial score (nSPS) is 14.3. The fourth-order valence-electron chi connectivity index (χ4n) is 0.684. The van der Waals surface area contributed by atoms with E-state index < -0.39 is 16.0 Å². The lowest BCUT2D eigenvalue weighted by Gasteiger charge is -2.08. The minimum absolute atomic E-state index is 0.284. The standard InChI is InChI=1S/C7H10F3N4S/c1-5(14(2)3)12-6-13-11-4-15(6)7(8,9)10/h4H,1-3H3/q+1. The molecule has 1 heterocycles. The molecule has 0 aliphatic carbocycles. The lowest BCUT2D eigenvalue weighted by Crippen LogP contribution is -2.17. The molecule has 1 rings (SSSR count). The van der Waals surface area contributed by atoms with E-state index in [0.717, 1.165) is 5.51 Å². The topological polar surface area (TPSA) is 41.4 Å². The summed E-state index contributed by atoms with van der Waals surface area (Å²) >= 11 is 0. The van der Waals surface area contributed by atoms with Crippen LogP contribution in [0.1, 0.15) is 6.92 Å². The maximum atomic E-state index is 12.4. The summed E-state index contributed by atoms with van der Waals surface area (Å²) in [5.41, 5.74) is -3.57. The molecule has 1 unspecified atom stereocenters. The summed E-state index contributed by atoms with van der Waals surface area (Å²) in [7, 11) is 1.32. The number of amidine groups is 1. The molecule has 0 saturated heterocycles. The van der Waals surface area contributed by atoms with Crippen molar-refractivity contribution in [1.29, 1.82) is 0 Å². The van der Waals surface area contributed by atoms with Gasteiger partial charge in [-0.3, -0.25) is 0 Å². The Hall–Kier alpha value is -1.18. The van der Waals surface area contributed by atoms with Crippen molar-refractivity contribution in [2.24, 2.45) is 4.99 Å². The van der Waals surface area contributed by atoms with Crippen LogP contribution in [0, 0.1) is 0 Å². The Labute approximate surface area is 87.4 Å². The monoisotopic (exact) mass is 239 g/mol. The highest BCUT2D eigenvalue weighted by Crippen LogP contribution is 2.46. The van der Waals surface area contributed by atoms with Crippen molar-refractivity contribution in [2.45, 2.75) is 12.4 Å². The second kappa shape index (κ2) is 4.13.